The predicted molar refractivity (Wildman–Crippen MR) is 96.4 cm³/mol. The molecule has 0 aliphatic rings. The van der Waals surface area contributed by atoms with Crippen molar-refractivity contribution < 1.29 is 0 Å². The van der Waals surface area contributed by atoms with Crippen LogP contribution in [0.4, 0.5) is 0 Å². The van der Waals surface area contributed by atoms with Gasteiger partial charge in [-0.1, -0.05) is 33.6 Å². The van der Waals surface area contributed by atoms with Gasteiger partial charge < -0.3 is 16.6 Å². The van der Waals surface area contributed by atoms with Crippen LogP contribution < -0.4 is 27.4 Å². The lowest BCUT2D eigenvalue weighted by atomic mass is 10.1. The van der Waals surface area contributed by atoms with E-state index in [1.807, 2.05) is 0 Å². The maximum absolute atomic E-state index is 5.50. The number of nitrogens with two attached hydrogens (primary N) is 1. The maximum Gasteiger partial charge on any atom is 0.0190 e. The summed E-state index contributed by atoms with van der Waals surface area (Å²) < 4.78 is 0. The van der Waals surface area contributed by atoms with Crippen LogP contribution in [-0.4, -0.2) is 13.1 Å². The third-order valence-corrected chi connectivity index (χ3v) is 3.13. The van der Waals surface area contributed by atoms with Gasteiger partial charge in [0.15, 0.2) is 0 Å². The topological polar surface area (TPSA) is 74.1 Å². The van der Waals surface area contributed by atoms with Crippen LogP contribution in [0, 0.1) is 5.92 Å². The molecule has 5 heteroatoms. The Labute approximate surface area is 136 Å². The highest BCUT2D eigenvalue weighted by Gasteiger charge is 1.98. The van der Waals surface area contributed by atoms with E-state index < -0.39 is 0 Å². The van der Waals surface area contributed by atoms with E-state index in [2.05, 4.69) is 55.3 Å². The molecular formula is C17H35N5. The number of nitrogens with one attached hydrogen (secondary N) is 4. The van der Waals surface area contributed by atoms with Crippen LogP contribution in [0.1, 0.15) is 52.4 Å². The highest BCUT2D eigenvalue weighted by atomic mass is 15.4. The van der Waals surface area contributed by atoms with Crippen LogP contribution in [0.15, 0.2) is 36.8 Å². The van der Waals surface area contributed by atoms with E-state index >= 15 is 0 Å². The van der Waals surface area contributed by atoms with Crippen molar-refractivity contribution in [1.29, 1.82) is 0 Å². The smallest absolute Gasteiger partial charge is 0.0190 e. The second kappa shape index (κ2) is 13.2. The van der Waals surface area contributed by atoms with E-state index in [1.54, 1.807) is 0 Å². The molecule has 0 atom stereocenters. The third-order valence-electron chi connectivity index (χ3n) is 3.13. The third kappa shape index (κ3) is 14.9. The van der Waals surface area contributed by atoms with Gasteiger partial charge in [0, 0.05) is 30.2 Å². The molecule has 0 aromatic heterocycles. The SMILES string of the molecule is C=C(N)CCCNNC(=C)CCCNNC(=C)CCC(C)C. The summed E-state index contributed by atoms with van der Waals surface area (Å²) in [6, 6.07) is 0. The van der Waals surface area contributed by atoms with E-state index in [0.29, 0.717) is 5.92 Å². The molecule has 0 radical (unpaired) electrons. The van der Waals surface area contributed by atoms with E-state index in [4.69, 9.17) is 5.73 Å². The molecule has 5 nitrogen and oxygen atoms in total. The van der Waals surface area contributed by atoms with Gasteiger partial charge in [-0.2, -0.15) is 0 Å². The molecule has 0 aliphatic heterocycles. The Morgan fingerprint density at radius 1 is 0.864 bits per heavy atom. The molecule has 0 spiro atoms. The first-order valence-electron chi connectivity index (χ1n) is 8.18. The Morgan fingerprint density at radius 2 is 1.36 bits per heavy atom. The Hall–Kier alpha value is -1.46. The minimum absolute atomic E-state index is 0.711. The van der Waals surface area contributed by atoms with Crippen molar-refractivity contribution in [3.63, 3.8) is 0 Å². The van der Waals surface area contributed by atoms with Crippen molar-refractivity contribution in [2.45, 2.75) is 52.4 Å². The number of hydrazine groups is 2. The van der Waals surface area contributed by atoms with Crippen molar-refractivity contribution in [1.82, 2.24) is 21.7 Å². The fourth-order valence-electron chi connectivity index (χ4n) is 1.76. The summed E-state index contributed by atoms with van der Waals surface area (Å²) in [7, 11) is 0. The maximum atomic E-state index is 5.50. The van der Waals surface area contributed by atoms with Crippen molar-refractivity contribution in [3.8, 4) is 0 Å². The second-order valence-electron chi connectivity index (χ2n) is 6.11. The summed E-state index contributed by atoms with van der Waals surface area (Å²) in [6.45, 7) is 17.8. The second-order valence-corrected chi connectivity index (χ2v) is 6.11. The number of hydrogen-bond donors (Lipinski definition) is 5. The molecule has 0 aromatic rings. The normalized spacial score (nSPS) is 10.5. The standard InChI is InChI=1S/C17H35N5/c1-14(2)10-11-17(5)22-20-13-7-9-16(4)21-19-12-6-8-15(3)18/h14,19-22H,3-13,18H2,1-2H3. The summed E-state index contributed by atoms with van der Waals surface area (Å²) in [5, 5.41) is 0. The lowest BCUT2D eigenvalue weighted by Crippen LogP contribution is -2.33. The summed E-state index contributed by atoms with van der Waals surface area (Å²) in [4.78, 5) is 0. The molecule has 6 N–H and O–H groups in total. The lowest BCUT2D eigenvalue weighted by molar-refractivity contribution is 0.514. The van der Waals surface area contributed by atoms with Gasteiger partial charge >= 0.3 is 0 Å². The molecule has 0 rings (SSSR count). The fourth-order valence-corrected chi connectivity index (χ4v) is 1.76. The summed E-state index contributed by atoms with van der Waals surface area (Å²) in [6.07, 6.45) is 5.92. The van der Waals surface area contributed by atoms with Crippen LogP contribution in [-0.2, 0) is 0 Å². The largest absolute Gasteiger partial charge is 0.403 e. The zero-order valence-corrected chi connectivity index (χ0v) is 14.4. The highest BCUT2D eigenvalue weighted by molar-refractivity contribution is 4.91. The van der Waals surface area contributed by atoms with Crippen molar-refractivity contribution >= 4 is 0 Å². The Kier molecular flexibility index (Phi) is 12.3. The molecule has 0 amide bonds. The average molecular weight is 310 g/mol. The minimum atomic E-state index is 0.711. The Bertz CT molecular complexity index is 336. The molecule has 0 fully saturated rings. The molecule has 22 heavy (non-hydrogen) atoms. The van der Waals surface area contributed by atoms with E-state index in [9.17, 15) is 0 Å². The zero-order chi connectivity index (χ0) is 16.8. The van der Waals surface area contributed by atoms with Crippen LogP contribution in [0.5, 0.6) is 0 Å². The van der Waals surface area contributed by atoms with Gasteiger partial charge in [-0.25, -0.2) is 10.9 Å². The first-order chi connectivity index (χ1) is 10.4. The molecule has 0 aromatic carbocycles. The molecule has 0 saturated carbocycles. The quantitative estimate of drug-likeness (QED) is 0.238. The highest BCUT2D eigenvalue weighted by Crippen LogP contribution is 2.06. The Morgan fingerprint density at radius 3 is 1.86 bits per heavy atom. The van der Waals surface area contributed by atoms with Crippen molar-refractivity contribution in [2.75, 3.05) is 13.1 Å². The summed E-state index contributed by atoms with van der Waals surface area (Å²) >= 11 is 0. The monoisotopic (exact) mass is 309 g/mol. The fraction of sp³-hybridized carbons (Fsp3) is 0.647. The Balaban J connectivity index is 3.38. The number of hydrogen-bond acceptors (Lipinski definition) is 5. The van der Waals surface area contributed by atoms with E-state index in [1.165, 1.54) is 0 Å². The minimum Gasteiger partial charge on any atom is -0.403 e. The first kappa shape index (κ1) is 20.5. The molecule has 128 valence electrons. The summed E-state index contributed by atoms with van der Waals surface area (Å²) in [5.41, 5.74) is 20.9. The van der Waals surface area contributed by atoms with Gasteiger partial charge in [0.05, 0.1) is 0 Å². The van der Waals surface area contributed by atoms with Gasteiger partial charge in [-0.05, 0) is 44.4 Å². The van der Waals surface area contributed by atoms with Crippen LogP contribution in [0.25, 0.3) is 0 Å². The first-order valence-corrected chi connectivity index (χ1v) is 8.18. The van der Waals surface area contributed by atoms with Gasteiger partial charge in [0.1, 0.15) is 0 Å². The molecule has 0 saturated heterocycles. The predicted octanol–water partition coefficient (Wildman–Crippen LogP) is 2.67. The molecule has 0 bridgehead atoms. The van der Waals surface area contributed by atoms with Crippen LogP contribution >= 0.6 is 0 Å². The van der Waals surface area contributed by atoms with Crippen molar-refractivity contribution in [3.05, 3.63) is 36.8 Å². The average Bonchev–Trinajstić information content (AvgIpc) is 2.44. The number of rotatable bonds is 15. The zero-order valence-electron chi connectivity index (χ0n) is 14.4. The number of allylic oxidation sites excluding steroid dienone is 3. The molecule has 0 aliphatic carbocycles. The molecule has 0 heterocycles. The van der Waals surface area contributed by atoms with Gasteiger partial charge in [0.25, 0.3) is 0 Å². The van der Waals surface area contributed by atoms with Gasteiger partial charge in [0.2, 0.25) is 0 Å². The van der Waals surface area contributed by atoms with Crippen LogP contribution in [0.3, 0.4) is 0 Å². The van der Waals surface area contributed by atoms with Crippen LogP contribution in [0.2, 0.25) is 0 Å². The van der Waals surface area contributed by atoms with Crippen molar-refractivity contribution in [2.24, 2.45) is 11.7 Å². The lowest BCUT2D eigenvalue weighted by Gasteiger charge is -2.13. The van der Waals surface area contributed by atoms with Gasteiger partial charge in [-0.3, -0.25) is 0 Å². The molecule has 0 unspecified atom stereocenters. The molecular weight excluding hydrogens is 274 g/mol. The van der Waals surface area contributed by atoms with E-state index in [0.717, 1.165) is 68.7 Å². The van der Waals surface area contributed by atoms with Gasteiger partial charge in [-0.15, -0.1) is 0 Å². The van der Waals surface area contributed by atoms with E-state index in [-0.39, 0.29) is 0 Å². The summed E-state index contributed by atoms with van der Waals surface area (Å²) in [5.74, 6) is 0.711.